The molecule has 1 aromatic heterocycles. The van der Waals surface area contributed by atoms with E-state index in [0.29, 0.717) is 0 Å². The SMILES string of the molecule is CCc1cccc2c3ccccc3n(Cc3cccc4c3Cc3ccccc3-4)c12. The van der Waals surface area contributed by atoms with Crippen LogP contribution in [0.3, 0.4) is 0 Å². The molecule has 0 radical (unpaired) electrons. The third kappa shape index (κ3) is 2.40. The Bertz CT molecular complexity index is 1390. The topological polar surface area (TPSA) is 4.93 Å². The molecule has 0 spiro atoms. The minimum atomic E-state index is 0.915. The highest BCUT2D eigenvalue weighted by molar-refractivity contribution is 6.09. The molecular formula is C28H23N. The molecule has 0 atom stereocenters. The minimum Gasteiger partial charge on any atom is -0.336 e. The molecule has 1 heterocycles. The highest BCUT2D eigenvalue weighted by Crippen LogP contribution is 2.39. The number of hydrogen-bond donors (Lipinski definition) is 0. The van der Waals surface area contributed by atoms with Crippen molar-refractivity contribution in [2.24, 2.45) is 0 Å². The molecule has 6 rings (SSSR count). The Morgan fingerprint density at radius 1 is 0.690 bits per heavy atom. The number of benzene rings is 4. The summed E-state index contributed by atoms with van der Waals surface area (Å²) in [4.78, 5) is 0. The first-order valence-corrected chi connectivity index (χ1v) is 10.5. The van der Waals surface area contributed by atoms with Crippen molar-refractivity contribution in [2.75, 3.05) is 0 Å². The number of aryl methyl sites for hydroxylation is 1. The molecule has 0 saturated carbocycles. The lowest BCUT2D eigenvalue weighted by molar-refractivity contribution is 0.852. The number of rotatable bonds is 3. The molecule has 0 N–H and O–H groups in total. The molecule has 4 aromatic carbocycles. The van der Waals surface area contributed by atoms with Gasteiger partial charge in [0.1, 0.15) is 0 Å². The normalized spacial score (nSPS) is 12.4. The van der Waals surface area contributed by atoms with Gasteiger partial charge in [0.25, 0.3) is 0 Å². The smallest absolute Gasteiger partial charge is 0.0526 e. The zero-order valence-electron chi connectivity index (χ0n) is 16.7. The summed E-state index contributed by atoms with van der Waals surface area (Å²) < 4.78 is 2.54. The van der Waals surface area contributed by atoms with Gasteiger partial charge < -0.3 is 4.57 Å². The van der Waals surface area contributed by atoms with Crippen LogP contribution in [0, 0.1) is 0 Å². The summed E-state index contributed by atoms with van der Waals surface area (Å²) in [6.45, 7) is 3.17. The van der Waals surface area contributed by atoms with Crippen LogP contribution < -0.4 is 0 Å². The maximum atomic E-state index is 2.54. The van der Waals surface area contributed by atoms with Crippen molar-refractivity contribution < 1.29 is 0 Å². The molecule has 0 saturated heterocycles. The fraction of sp³-hybridized carbons (Fsp3) is 0.143. The number of hydrogen-bond acceptors (Lipinski definition) is 0. The third-order valence-corrected chi connectivity index (χ3v) is 6.53. The van der Waals surface area contributed by atoms with Crippen molar-refractivity contribution in [3.63, 3.8) is 0 Å². The van der Waals surface area contributed by atoms with E-state index in [1.807, 2.05) is 0 Å². The molecule has 0 fully saturated rings. The second-order valence-electron chi connectivity index (χ2n) is 8.05. The zero-order chi connectivity index (χ0) is 19.4. The predicted molar refractivity (Wildman–Crippen MR) is 123 cm³/mol. The number of fused-ring (bicyclic) bond motifs is 6. The summed E-state index contributed by atoms with van der Waals surface area (Å²) in [6.07, 6.45) is 2.09. The van der Waals surface area contributed by atoms with Gasteiger partial charge in [0.2, 0.25) is 0 Å². The average Bonchev–Trinajstić information content (AvgIpc) is 3.31. The van der Waals surface area contributed by atoms with Crippen LogP contribution in [-0.2, 0) is 19.4 Å². The lowest BCUT2D eigenvalue weighted by Gasteiger charge is -2.14. The lowest BCUT2D eigenvalue weighted by Crippen LogP contribution is -2.04. The zero-order valence-corrected chi connectivity index (χ0v) is 16.7. The highest BCUT2D eigenvalue weighted by Gasteiger charge is 2.21. The van der Waals surface area contributed by atoms with E-state index in [9.17, 15) is 0 Å². The van der Waals surface area contributed by atoms with Crippen molar-refractivity contribution in [3.8, 4) is 11.1 Å². The van der Waals surface area contributed by atoms with Crippen LogP contribution >= 0.6 is 0 Å². The Hall–Kier alpha value is -3.32. The van der Waals surface area contributed by atoms with Crippen molar-refractivity contribution in [1.82, 2.24) is 4.57 Å². The van der Waals surface area contributed by atoms with Gasteiger partial charge in [-0.15, -0.1) is 0 Å². The molecule has 0 amide bonds. The standard InChI is InChI=1S/C28H23N/c1-2-19-10-7-15-25-24-13-5-6-16-27(24)29(28(19)25)18-21-11-8-14-23-22-12-4-3-9-20(22)17-26(21)23/h3-16H,2,17-18H2,1H3. The van der Waals surface area contributed by atoms with E-state index in [2.05, 4.69) is 96.4 Å². The number of para-hydroxylation sites is 2. The first-order valence-electron chi connectivity index (χ1n) is 10.5. The van der Waals surface area contributed by atoms with Gasteiger partial charge >= 0.3 is 0 Å². The van der Waals surface area contributed by atoms with E-state index in [1.165, 1.54) is 55.2 Å². The van der Waals surface area contributed by atoms with Crippen molar-refractivity contribution >= 4 is 21.8 Å². The van der Waals surface area contributed by atoms with Gasteiger partial charge in [-0.3, -0.25) is 0 Å². The van der Waals surface area contributed by atoms with E-state index in [-0.39, 0.29) is 0 Å². The summed E-state index contributed by atoms with van der Waals surface area (Å²) in [7, 11) is 0. The molecule has 0 unspecified atom stereocenters. The number of nitrogens with zero attached hydrogens (tertiary/aromatic N) is 1. The van der Waals surface area contributed by atoms with Gasteiger partial charge in [-0.1, -0.05) is 85.8 Å². The first-order chi connectivity index (χ1) is 14.3. The second kappa shape index (κ2) is 6.35. The summed E-state index contributed by atoms with van der Waals surface area (Å²) in [5.74, 6) is 0. The van der Waals surface area contributed by atoms with E-state index in [1.54, 1.807) is 0 Å². The van der Waals surface area contributed by atoms with Gasteiger partial charge in [-0.25, -0.2) is 0 Å². The maximum Gasteiger partial charge on any atom is 0.0526 e. The van der Waals surface area contributed by atoms with Crippen molar-refractivity contribution in [1.29, 1.82) is 0 Å². The van der Waals surface area contributed by atoms with Crippen molar-refractivity contribution in [3.05, 3.63) is 107 Å². The van der Waals surface area contributed by atoms with Crippen LogP contribution in [0.4, 0.5) is 0 Å². The molecule has 29 heavy (non-hydrogen) atoms. The molecule has 0 bridgehead atoms. The van der Waals surface area contributed by atoms with E-state index < -0.39 is 0 Å². The minimum absolute atomic E-state index is 0.915. The lowest BCUT2D eigenvalue weighted by atomic mass is 10.0. The Balaban J connectivity index is 1.58. The van der Waals surface area contributed by atoms with E-state index in [0.717, 1.165) is 19.4 Å². The van der Waals surface area contributed by atoms with Gasteiger partial charge in [-0.2, -0.15) is 0 Å². The Kier molecular flexibility index (Phi) is 3.64. The van der Waals surface area contributed by atoms with Gasteiger partial charge in [0.15, 0.2) is 0 Å². The summed E-state index contributed by atoms with van der Waals surface area (Å²) in [5, 5.41) is 2.73. The Morgan fingerprint density at radius 3 is 2.34 bits per heavy atom. The summed E-state index contributed by atoms with van der Waals surface area (Å²) in [6, 6.07) is 31.3. The molecule has 140 valence electrons. The summed E-state index contributed by atoms with van der Waals surface area (Å²) in [5.41, 5.74) is 11.3. The third-order valence-electron chi connectivity index (χ3n) is 6.53. The largest absolute Gasteiger partial charge is 0.336 e. The fourth-order valence-corrected chi connectivity index (χ4v) is 5.18. The van der Waals surface area contributed by atoms with Crippen LogP contribution in [0.1, 0.15) is 29.2 Å². The Labute approximate surface area is 171 Å². The van der Waals surface area contributed by atoms with Crippen LogP contribution in [-0.4, -0.2) is 4.57 Å². The molecule has 1 heteroatoms. The molecule has 1 aliphatic rings. The molecule has 0 aliphatic heterocycles. The van der Waals surface area contributed by atoms with E-state index >= 15 is 0 Å². The van der Waals surface area contributed by atoms with E-state index in [4.69, 9.17) is 0 Å². The number of aromatic nitrogens is 1. The molecule has 1 aliphatic carbocycles. The van der Waals surface area contributed by atoms with Crippen molar-refractivity contribution in [2.45, 2.75) is 26.3 Å². The van der Waals surface area contributed by atoms with Crippen LogP contribution in [0.15, 0.2) is 84.9 Å². The maximum absolute atomic E-state index is 2.54. The molecule has 1 nitrogen and oxygen atoms in total. The second-order valence-corrected chi connectivity index (χ2v) is 8.05. The van der Waals surface area contributed by atoms with Crippen LogP contribution in [0.25, 0.3) is 32.9 Å². The molecular weight excluding hydrogens is 350 g/mol. The van der Waals surface area contributed by atoms with Gasteiger partial charge in [0, 0.05) is 22.8 Å². The van der Waals surface area contributed by atoms with Gasteiger partial charge in [0.05, 0.1) is 5.52 Å². The van der Waals surface area contributed by atoms with Crippen LogP contribution in [0.2, 0.25) is 0 Å². The predicted octanol–water partition coefficient (Wildman–Crippen LogP) is 6.98. The quantitative estimate of drug-likeness (QED) is 0.315. The summed E-state index contributed by atoms with van der Waals surface area (Å²) >= 11 is 0. The monoisotopic (exact) mass is 373 g/mol. The highest BCUT2D eigenvalue weighted by atomic mass is 15.0. The molecule has 5 aromatic rings. The van der Waals surface area contributed by atoms with Gasteiger partial charge in [-0.05, 0) is 52.3 Å². The first kappa shape index (κ1) is 16.6. The average molecular weight is 373 g/mol. The van der Waals surface area contributed by atoms with Crippen LogP contribution in [0.5, 0.6) is 0 Å². The Morgan fingerprint density at radius 2 is 1.41 bits per heavy atom. The fourth-order valence-electron chi connectivity index (χ4n) is 5.18.